The maximum atomic E-state index is 14.0. The lowest BCUT2D eigenvalue weighted by molar-refractivity contribution is 0.0697. The Bertz CT molecular complexity index is 2000. The van der Waals surface area contributed by atoms with Crippen molar-refractivity contribution in [2.24, 2.45) is 5.10 Å². The number of fused-ring (bicyclic) bond motifs is 1. The number of carboxylic acid groups (broad SMARTS) is 1. The van der Waals surface area contributed by atoms with Crippen molar-refractivity contribution in [1.29, 1.82) is 0 Å². The van der Waals surface area contributed by atoms with Crippen molar-refractivity contribution in [1.82, 2.24) is 9.66 Å². The van der Waals surface area contributed by atoms with Gasteiger partial charge in [0.05, 0.1) is 36.4 Å². The monoisotopic (exact) mass is 639 g/mol. The van der Waals surface area contributed by atoms with Gasteiger partial charge in [0.1, 0.15) is 12.4 Å². The van der Waals surface area contributed by atoms with E-state index in [-0.39, 0.29) is 23.6 Å². The number of carboxylic acids is 1. The molecule has 0 amide bonds. The van der Waals surface area contributed by atoms with E-state index >= 15 is 0 Å². The molecule has 5 rings (SSSR count). The molecule has 0 saturated heterocycles. The topological polar surface area (TPSA) is 112 Å². The van der Waals surface area contributed by atoms with E-state index in [4.69, 9.17) is 30.8 Å². The fraction of sp³-hybridized carbons (Fsp3) is 0.222. The average molecular weight is 640 g/mol. The third-order valence-electron chi connectivity index (χ3n) is 7.44. The maximum absolute atomic E-state index is 14.0. The molecule has 0 unspecified atom stereocenters. The predicted octanol–water partition coefficient (Wildman–Crippen LogP) is 7.72. The third kappa shape index (κ3) is 6.74. The normalized spacial score (nSPS) is 11.4. The summed E-state index contributed by atoms with van der Waals surface area (Å²) in [7, 11) is 1.50. The third-order valence-corrected chi connectivity index (χ3v) is 7.66. The molecule has 5 aromatic rings. The van der Waals surface area contributed by atoms with Gasteiger partial charge in [-0.25, -0.2) is 9.78 Å². The molecule has 46 heavy (non-hydrogen) atoms. The summed E-state index contributed by atoms with van der Waals surface area (Å²) in [6.45, 7) is 8.72. The number of methoxy groups -OCH3 is 1. The molecule has 236 valence electrons. The van der Waals surface area contributed by atoms with Gasteiger partial charge in [0.25, 0.3) is 5.56 Å². The Morgan fingerprint density at radius 3 is 2.46 bits per heavy atom. The van der Waals surface area contributed by atoms with Crippen LogP contribution in [0.4, 0.5) is 0 Å². The Kier molecular flexibility index (Phi) is 9.72. The zero-order chi connectivity index (χ0) is 33.0. The zero-order valence-electron chi connectivity index (χ0n) is 26.2. The van der Waals surface area contributed by atoms with Crippen molar-refractivity contribution in [2.75, 3.05) is 13.7 Å². The van der Waals surface area contributed by atoms with E-state index in [1.807, 2.05) is 32.0 Å². The molecule has 1 heterocycles. The zero-order valence-corrected chi connectivity index (χ0v) is 27.0. The Morgan fingerprint density at radius 1 is 1.04 bits per heavy atom. The maximum Gasteiger partial charge on any atom is 0.335 e. The molecular weight excluding hydrogens is 606 g/mol. The quantitative estimate of drug-likeness (QED) is 0.147. The van der Waals surface area contributed by atoms with E-state index in [0.29, 0.717) is 45.4 Å². The lowest BCUT2D eigenvalue weighted by Gasteiger charge is -2.18. The first-order chi connectivity index (χ1) is 22.1. The minimum absolute atomic E-state index is 0.116. The summed E-state index contributed by atoms with van der Waals surface area (Å²) in [5, 5.41) is 14.7. The second-order valence-electron chi connectivity index (χ2n) is 10.9. The van der Waals surface area contributed by atoms with Gasteiger partial charge in [-0.1, -0.05) is 49.7 Å². The van der Waals surface area contributed by atoms with Gasteiger partial charge in [-0.2, -0.15) is 9.78 Å². The smallest absolute Gasteiger partial charge is 0.335 e. The van der Waals surface area contributed by atoms with Crippen molar-refractivity contribution in [3.8, 4) is 28.6 Å². The van der Waals surface area contributed by atoms with Crippen LogP contribution in [0, 0.1) is 6.92 Å². The number of hydrogen-bond donors (Lipinski definition) is 1. The van der Waals surface area contributed by atoms with E-state index in [1.54, 1.807) is 42.5 Å². The standard InChI is InChI=1S/C36H34ClN3O6/c1-6-45-31-15-22(4)29(18-28(31)21(2)3)34-39-30-10-8-7-9-27(30)35(41)40(34)38-19-25-16-26(37)17-32(44-5)33(25)46-20-23-11-13-24(14-12-23)36(42)43/h7-19,21H,6,20H2,1-5H3,(H,42,43). The van der Waals surface area contributed by atoms with E-state index in [0.717, 1.165) is 28.0 Å². The number of halogens is 1. The van der Waals surface area contributed by atoms with Crippen LogP contribution >= 0.6 is 11.6 Å². The van der Waals surface area contributed by atoms with E-state index < -0.39 is 5.97 Å². The Balaban J connectivity index is 1.64. The van der Waals surface area contributed by atoms with Crippen molar-refractivity contribution in [2.45, 2.75) is 40.2 Å². The fourth-order valence-electron chi connectivity index (χ4n) is 5.09. The minimum Gasteiger partial charge on any atom is -0.494 e. The predicted molar refractivity (Wildman–Crippen MR) is 180 cm³/mol. The Hall–Kier alpha value is -5.15. The average Bonchev–Trinajstić information content (AvgIpc) is 3.03. The highest BCUT2D eigenvalue weighted by molar-refractivity contribution is 6.31. The fourth-order valence-corrected chi connectivity index (χ4v) is 5.30. The highest BCUT2D eigenvalue weighted by Gasteiger charge is 2.19. The molecule has 0 aliphatic carbocycles. The highest BCUT2D eigenvalue weighted by atomic mass is 35.5. The second kappa shape index (κ2) is 13.9. The van der Waals surface area contributed by atoms with Gasteiger partial charge < -0.3 is 19.3 Å². The number of aryl methyl sites for hydroxylation is 1. The van der Waals surface area contributed by atoms with Crippen LogP contribution in [0.15, 0.2) is 82.7 Å². The van der Waals surface area contributed by atoms with Crippen molar-refractivity contribution < 1.29 is 24.1 Å². The van der Waals surface area contributed by atoms with Crippen LogP contribution < -0.4 is 19.8 Å². The number of carbonyl (C=O) groups is 1. The van der Waals surface area contributed by atoms with Gasteiger partial charge in [0.15, 0.2) is 17.3 Å². The van der Waals surface area contributed by atoms with Crippen LogP contribution in [0.3, 0.4) is 0 Å². The summed E-state index contributed by atoms with van der Waals surface area (Å²) < 4.78 is 19.0. The van der Waals surface area contributed by atoms with Gasteiger partial charge in [-0.05, 0) is 78.9 Å². The number of aromatic nitrogens is 2. The number of aromatic carboxylic acids is 1. The first kappa shape index (κ1) is 32.2. The lowest BCUT2D eigenvalue weighted by Crippen LogP contribution is -2.21. The van der Waals surface area contributed by atoms with Crippen LogP contribution in [0.1, 0.15) is 59.3 Å². The van der Waals surface area contributed by atoms with Gasteiger partial charge in [0, 0.05) is 22.2 Å². The number of benzene rings is 4. The molecule has 0 atom stereocenters. The molecule has 0 fully saturated rings. The summed E-state index contributed by atoms with van der Waals surface area (Å²) in [4.78, 5) is 30.1. The van der Waals surface area contributed by atoms with E-state index in [2.05, 4.69) is 18.9 Å². The molecule has 1 N–H and O–H groups in total. The van der Waals surface area contributed by atoms with E-state index in [9.17, 15) is 14.7 Å². The molecule has 0 bridgehead atoms. The first-order valence-corrected chi connectivity index (χ1v) is 15.2. The first-order valence-electron chi connectivity index (χ1n) is 14.8. The summed E-state index contributed by atoms with van der Waals surface area (Å²) in [5.74, 6) is 1.03. The number of para-hydroxylation sites is 1. The largest absolute Gasteiger partial charge is 0.494 e. The molecule has 0 spiro atoms. The van der Waals surface area contributed by atoms with Crippen LogP contribution in [-0.2, 0) is 6.61 Å². The molecule has 4 aromatic carbocycles. The van der Waals surface area contributed by atoms with Gasteiger partial charge in [0.2, 0.25) is 0 Å². The Labute approximate surface area is 271 Å². The Morgan fingerprint density at radius 2 is 1.78 bits per heavy atom. The van der Waals surface area contributed by atoms with Crippen LogP contribution in [-0.4, -0.2) is 40.7 Å². The molecule has 9 nitrogen and oxygen atoms in total. The summed E-state index contributed by atoms with van der Waals surface area (Å²) in [6, 6.07) is 20.8. The second-order valence-corrected chi connectivity index (χ2v) is 11.4. The number of ether oxygens (including phenoxy) is 3. The molecule has 0 aliphatic rings. The van der Waals surface area contributed by atoms with Crippen LogP contribution in [0.25, 0.3) is 22.3 Å². The van der Waals surface area contributed by atoms with Crippen molar-refractivity contribution >= 4 is 34.7 Å². The van der Waals surface area contributed by atoms with Crippen molar-refractivity contribution in [3.05, 3.63) is 116 Å². The number of hydrogen-bond acceptors (Lipinski definition) is 7. The molecule has 10 heteroatoms. The van der Waals surface area contributed by atoms with E-state index in [1.165, 1.54) is 30.1 Å². The van der Waals surface area contributed by atoms with Crippen LogP contribution in [0.5, 0.6) is 17.2 Å². The number of rotatable bonds is 11. The lowest BCUT2D eigenvalue weighted by atomic mass is 9.96. The summed E-state index contributed by atoms with van der Waals surface area (Å²) in [6.07, 6.45) is 1.49. The molecule has 0 saturated carbocycles. The molecule has 0 radical (unpaired) electrons. The molecule has 1 aromatic heterocycles. The van der Waals surface area contributed by atoms with Crippen LogP contribution in [0.2, 0.25) is 5.02 Å². The number of nitrogens with zero attached hydrogens (tertiary/aromatic N) is 3. The van der Waals surface area contributed by atoms with Gasteiger partial charge in [-0.15, -0.1) is 0 Å². The summed E-state index contributed by atoms with van der Waals surface area (Å²) >= 11 is 6.45. The minimum atomic E-state index is -1.01. The SMILES string of the molecule is CCOc1cc(C)c(-c2nc3ccccc3c(=O)n2N=Cc2cc(Cl)cc(OC)c2OCc2ccc(C(=O)O)cc2)cc1C(C)C. The van der Waals surface area contributed by atoms with Gasteiger partial charge >= 0.3 is 5.97 Å². The summed E-state index contributed by atoms with van der Waals surface area (Å²) in [5.41, 5.74) is 4.21. The van der Waals surface area contributed by atoms with Crippen molar-refractivity contribution in [3.63, 3.8) is 0 Å². The van der Waals surface area contributed by atoms with Gasteiger partial charge in [-0.3, -0.25) is 4.79 Å². The molecule has 0 aliphatic heterocycles. The molecular formula is C36H34ClN3O6. The highest BCUT2D eigenvalue weighted by Crippen LogP contribution is 2.36.